The van der Waals surface area contributed by atoms with E-state index in [1.165, 1.54) is 12.8 Å². The van der Waals surface area contributed by atoms with Crippen LogP contribution in [0.5, 0.6) is 0 Å². The molecule has 0 spiro atoms. The predicted octanol–water partition coefficient (Wildman–Crippen LogP) is 2.68. The molecular weight excluding hydrogens is 182 g/mol. The molecule has 1 aliphatic carbocycles. The molecule has 66 valence electrons. The SMILES string of the molecule is Nc1ccc(C#CC2CC2)c(Cl)c1. The van der Waals surface area contributed by atoms with E-state index >= 15 is 0 Å². The van der Waals surface area contributed by atoms with Crippen LogP contribution in [0.3, 0.4) is 0 Å². The maximum Gasteiger partial charge on any atom is 0.0582 e. The monoisotopic (exact) mass is 191 g/mol. The van der Waals surface area contributed by atoms with Crippen molar-refractivity contribution in [2.24, 2.45) is 5.92 Å². The van der Waals surface area contributed by atoms with Crippen molar-refractivity contribution in [3.63, 3.8) is 0 Å². The fourth-order valence-electron chi connectivity index (χ4n) is 1.04. The zero-order valence-electron chi connectivity index (χ0n) is 7.18. The molecule has 1 aliphatic rings. The standard InChI is InChI=1S/C11H10ClN/c12-11-7-10(13)6-5-9(11)4-3-8-1-2-8/h5-8H,1-2,13H2. The van der Waals surface area contributed by atoms with Gasteiger partial charge in [0.05, 0.1) is 5.02 Å². The fraction of sp³-hybridized carbons (Fsp3) is 0.273. The molecule has 1 nitrogen and oxygen atoms in total. The van der Waals surface area contributed by atoms with Crippen LogP contribution in [0, 0.1) is 17.8 Å². The Hall–Kier alpha value is -1.13. The van der Waals surface area contributed by atoms with Crippen molar-refractivity contribution < 1.29 is 0 Å². The van der Waals surface area contributed by atoms with Crippen LogP contribution >= 0.6 is 11.6 Å². The van der Waals surface area contributed by atoms with Crippen molar-refractivity contribution in [2.45, 2.75) is 12.8 Å². The van der Waals surface area contributed by atoms with Gasteiger partial charge in [-0.15, -0.1) is 0 Å². The van der Waals surface area contributed by atoms with Gasteiger partial charge in [-0.05, 0) is 31.0 Å². The molecule has 0 atom stereocenters. The summed E-state index contributed by atoms with van der Waals surface area (Å²) >= 11 is 5.95. The summed E-state index contributed by atoms with van der Waals surface area (Å²) in [6, 6.07) is 5.42. The van der Waals surface area contributed by atoms with Crippen LogP contribution in [-0.4, -0.2) is 0 Å². The first-order valence-corrected chi connectivity index (χ1v) is 4.70. The molecule has 0 bridgehead atoms. The second-order valence-electron chi connectivity index (χ2n) is 3.28. The van der Waals surface area contributed by atoms with Gasteiger partial charge in [0.2, 0.25) is 0 Å². The van der Waals surface area contributed by atoms with Gasteiger partial charge < -0.3 is 5.73 Å². The summed E-state index contributed by atoms with van der Waals surface area (Å²) in [5, 5.41) is 0.646. The molecule has 0 saturated heterocycles. The zero-order valence-corrected chi connectivity index (χ0v) is 7.93. The van der Waals surface area contributed by atoms with E-state index in [-0.39, 0.29) is 0 Å². The maximum atomic E-state index is 5.95. The number of nitrogens with two attached hydrogens (primary N) is 1. The molecule has 0 amide bonds. The molecule has 0 radical (unpaired) electrons. The third-order valence-corrected chi connectivity index (χ3v) is 2.29. The minimum atomic E-state index is 0.605. The van der Waals surface area contributed by atoms with E-state index in [0.29, 0.717) is 16.6 Å². The highest BCUT2D eigenvalue weighted by Gasteiger charge is 2.17. The van der Waals surface area contributed by atoms with E-state index in [1.54, 1.807) is 6.07 Å². The molecule has 1 saturated carbocycles. The van der Waals surface area contributed by atoms with Gasteiger partial charge in [0.1, 0.15) is 0 Å². The second kappa shape index (κ2) is 3.32. The smallest absolute Gasteiger partial charge is 0.0582 e. The average Bonchev–Trinajstić information content (AvgIpc) is 2.86. The quantitative estimate of drug-likeness (QED) is 0.495. The second-order valence-corrected chi connectivity index (χ2v) is 3.69. The number of rotatable bonds is 0. The lowest BCUT2D eigenvalue weighted by Gasteiger charge is -1.96. The Kier molecular flexibility index (Phi) is 2.16. The highest BCUT2D eigenvalue weighted by molar-refractivity contribution is 6.32. The van der Waals surface area contributed by atoms with E-state index in [9.17, 15) is 0 Å². The van der Waals surface area contributed by atoms with Crippen LogP contribution in [0.1, 0.15) is 18.4 Å². The summed E-state index contributed by atoms with van der Waals surface area (Å²) in [4.78, 5) is 0. The van der Waals surface area contributed by atoms with Gasteiger partial charge in [-0.3, -0.25) is 0 Å². The summed E-state index contributed by atoms with van der Waals surface area (Å²) in [7, 11) is 0. The average molecular weight is 192 g/mol. The normalized spacial score (nSPS) is 14.8. The lowest BCUT2D eigenvalue weighted by Crippen LogP contribution is -1.85. The number of halogens is 1. The van der Waals surface area contributed by atoms with Crippen LogP contribution < -0.4 is 5.73 Å². The van der Waals surface area contributed by atoms with Gasteiger partial charge in [-0.2, -0.15) is 0 Å². The van der Waals surface area contributed by atoms with Crippen LogP contribution in [0.2, 0.25) is 5.02 Å². The molecule has 1 fully saturated rings. The van der Waals surface area contributed by atoms with E-state index < -0.39 is 0 Å². The molecule has 0 unspecified atom stereocenters. The van der Waals surface area contributed by atoms with Gasteiger partial charge in [-0.1, -0.05) is 23.4 Å². The lowest BCUT2D eigenvalue weighted by atomic mass is 10.2. The van der Waals surface area contributed by atoms with E-state index in [4.69, 9.17) is 17.3 Å². The van der Waals surface area contributed by atoms with Gasteiger partial charge in [0.25, 0.3) is 0 Å². The van der Waals surface area contributed by atoms with Crippen molar-refractivity contribution in [3.8, 4) is 11.8 Å². The van der Waals surface area contributed by atoms with Crippen molar-refractivity contribution in [1.82, 2.24) is 0 Å². The lowest BCUT2D eigenvalue weighted by molar-refractivity contribution is 1.18. The first kappa shape index (κ1) is 8.47. The zero-order chi connectivity index (χ0) is 9.26. The summed E-state index contributed by atoms with van der Waals surface area (Å²) in [6.07, 6.45) is 2.47. The topological polar surface area (TPSA) is 26.0 Å². The molecule has 2 rings (SSSR count). The third kappa shape index (κ3) is 2.17. The Morgan fingerprint density at radius 3 is 2.77 bits per heavy atom. The Morgan fingerprint density at radius 1 is 1.38 bits per heavy atom. The number of anilines is 1. The minimum Gasteiger partial charge on any atom is -0.399 e. The molecule has 0 aromatic heterocycles. The molecule has 0 aliphatic heterocycles. The molecular formula is C11H10ClN. The minimum absolute atomic E-state index is 0.605. The molecule has 13 heavy (non-hydrogen) atoms. The predicted molar refractivity (Wildman–Crippen MR) is 55.5 cm³/mol. The first-order valence-electron chi connectivity index (χ1n) is 4.32. The third-order valence-electron chi connectivity index (χ3n) is 1.98. The van der Waals surface area contributed by atoms with E-state index in [2.05, 4.69) is 11.8 Å². The van der Waals surface area contributed by atoms with Gasteiger partial charge in [-0.25, -0.2) is 0 Å². The largest absolute Gasteiger partial charge is 0.399 e. The summed E-state index contributed by atoms with van der Waals surface area (Å²) in [5.74, 6) is 6.83. The molecule has 2 N–H and O–H groups in total. The molecule has 0 heterocycles. The maximum absolute atomic E-state index is 5.95. The fourth-order valence-corrected chi connectivity index (χ4v) is 1.28. The molecule has 2 heteroatoms. The number of benzene rings is 1. The van der Waals surface area contributed by atoms with Crippen LogP contribution in [0.15, 0.2) is 18.2 Å². The van der Waals surface area contributed by atoms with E-state index in [0.717, 1.165) is 5.56 Å². The summed E-state index contributed by atoms with van der Waals surface area (Å²) in [5.41, 5.74) is 7.12. The van der Waals surface area contributed by atoms with Crippen molar-refractivity contribution >= 4 is 17.3 Å². The number of hydrogen-bond acceptors (Lipinski definition) is 1. The Balaban J connectivity index is 2.25. The van der Waals surface area contributed by atoms with Crippen LogP contribution in [-0.2, 0) is 0 Å². The molecule has 1 aromatic rings. The number of hydrogen-bond donors (Lipinski definition) is 1. The summed E-state index contributed by atoms with van der Waals surface area (Å²) in [6.45, 7) is 0. The Bertz CT molecular complexity index is 383. The van der Waals surface area contributed by atoms with Crippen LogP contribution in [0.25, 0.3) is 0 Å². The van der Waals surface area contributed by atoms with Gasteiger partial charge in [0, 0.05) is 17.2 Å². The van der Waals surface area contributed by atoms with Crippen molar-refractivity contribution in [1.29, 1.82) is 0 Å². The first-order chi connectivity index (χ1) is 6.25. The highest BCUT2D eigenvalue weighted by Crippen LogP contribution is 2.28. The number of nitrogen functional groups attached to an aromatic ring is 1. The Morgan fingerprint density at radius 2 is 2.15 bits per heavy atom. The molecule has 1 aromatic carbocycles. The van der Waals surface area contributed by atoms with E-state index in [1.807, 2.05) is 12.1 Å². The Labute approximate surface area is 82.9 Å². The van der Waals surface area contributed by atoms with Crippen molar-refractivity contribution in [2.75, 3.05) is 5.73 Å². The van der Waals surface area contributed by atoms with Gasteiger partial charge in [0.15, 0.2) is 0 Å². The highest BCUT2D eigenvalue weighted by atomic mass is 35.5. The summed E-state index contributed by atoms with van der Waals surface area (Å²) < 4.78 is 0. The van der Waals surface area contributed by atoms with Crippen molar-refractivity contribution in [3.05, 3.63) is 28.8 Å². The van der Waals surface area contributed by atoms with Crippen LogP contribution in [0.4, 0.5) is 5.69 Å². The van der Waals surface area contributed by atoms with Gasteiger partial charge >= 0.3 is 0 Å².